The van der Waals surface area contributed by atoms with E-state index in [4.69, 9.17) is 5.21 Å². The van der Waals surface area contributed by atoms with Gasteiger partial charge < -0.3 is 10.5 Å². The number of benzene rings is 1. The molecule has 0 spiro atoms. The largest absolute Gasteiger partial charge is 0.595 e. The zero-order valence-corrected chi connectivity index (χ0v) is 11.5. The van der Waals surface area contributed by atoms with Crippen LogP contribution in [-0.2, 0) is 4.79 Å². The molecule has 0 aliphatic rings. The number of hydrogen-bond donors (Lipinski definition) is 3. The Kier molecular flexibility index (Phi) is 4.51. The van der Waals surface area contributed by atoms with Gasteiger partial charge in [0.05, 0.1) is 10.4 Å². The van der Waals surface area contributed by atoms with Crippen LogP contribution in [0, 0.1) is 5.21 Å². The highest BCUT2D eigenvalue weighted by Crippen LogP contribution is 2.34. The van der Waals surface area contributed by atoms with Crippen molar-refractivity contribution in [1.29, 1.82) is 0 Å². The van der Waals surface area contributed by atoms with Crippen molar-refractivity contribution in [3.63, 3.8) is 0 Å². The van der Waals surface area contributed by atoms with E-state index in [9.17, 15) is 10.0 Å². The van der Waals surface area contributed by atoms with Crippen molar-refractivity contribution in [1.82, 2.24) is 4.98 Å². The van der Waals surface area contributed by atoms with Crippen LogP contribution >= 0.6 is 23.1 Å². The molecule has 3 N–H and O–H groups in total. The first-order valence-corrected chi connectivity index (χ1v) is 6.92. The number of carbonyl (C=O) groups is 1. The third-order valence-corrected chi connectivity index (χ3v) is 4.11. The second-order valence-corrected chi connectivity index (χ2v) is 6.00. The second kappa shape index (κ2) is 6.13. The van der Waals surface area contributed by atoms with Crippen molar-refractivity contribution < 1.29 is 15.2 Å². The van der Waals surface area contributed by atoms with E-state index in [1.54, 1.807) is 30.5 Å². The minimum atomic E-state index is -0.942. The molecule has 1 atom stereocenters. The van der Waals surface area contributed by atoms with Crippen LogP contribution in [0.25, 0.3) is 0 Å². The minimum absolute atomic E-state index is 0.156. The Balaban J connectivity index is 2.04. The summed E-state index contributed by atoms with van der Waals surface area (Å²) in [6.07, 6.45) is 1.67. The number of rotatable bonds is 4. The SMILES string of the molecule is CC(=O)Nc1ncc(Sc2ccc([NH+]([O-])O)cc2)s1. The van der Waals surface area contributed by atoms with Gasteiger partial charge in [-0.1, -0.05) is 23.1 Å². The Morgan fingerprint density at radius 3 is 2.74 bits per heavy atom. The summed E-state index contributed by atoms with van der Waals surface area (Å²) in [5, 5.41) is 21.7. The van der Waals surface area contributed by atoms with Crippen LogP contribution in [0.15, 0.2) is 39.6 Å². The standard InChI is InChI=1S/C11H11N3O3S2/c1-7(15)13-11-12-6-10(19-11)18-9-4-2-8(3-5-9)14(16)17/h2-6,14,16H,1H3,(H,12,13,15). The number of anilines is 1. The molecule has 0 aliphatic heterocycles. The number of carbonyl (C=O) groups excluding carboxylic acids is 1. The molecule has 2 rings (SSSR count). The quantitative estimate of drug-likeness (QED) is 0.747. The van der Waals surface area contributed by atoms with Crippen molar-refractivity contribution in [3.05, 3.63) is 35.7 Å². The van der Waals surface area contributed by atoms with Crippen LogP contribution < -0.4 is 10.5 Å². The van der Waals surface area contributed by atoms with Gasteiger partial charge in [-0.05, 0) is 12.1 Å². The van der Waals surface area contributed by atoms with Gasteiger partial charge in [0.15, 0.2) is 10.8 Å². The molecular formula is C11H11N3O3S2. The smallest absolute Gasteiger partial charge is 0.223 e. The van der Waals surface area contributed by atoms with Crippen molar-refractivity contribution in [3.8, 4) is 0 Å². The fourth-order valence-corrected chi connectivity index (χ4v) is 3.19. The van der Waals surface area contributed by atoms with E-state index in [1.165, 1.54) is 30.0 Å². The van der Waals surface area contributed by atoms with E-state index in [0.717, 1.165) is 9.10 Å². The molecule has 0 fully saturated rings. The van der Waals surface area contributed by atoms with Gasteiger partial charge in [-0.2, -0.15) is 5.23 Å². The first-order valence-electron chi connectivity index (χ1n) is 5.29. The van der Waals surface area contributed by atoms with Gasteiger partial charge in [-0.25, -0.2) is 10.2 Å². The van der Waals surface area contributed by atoms with Gasteiger partial charge in [0.1, 0.15) is 0 Å². The average Bonchev–Trinajstić information content (AvgIpc) is 2.76. The summed E-state index contributed by atoms with van der Waals surface area (Å²) < 4.78 is 0.923. The lowest BCUT2D eigenvalue weighted by Gasteiger charge is -2.11. The van der Waals surface area contributed by atoms with Gasteiger partial charge in [-0.3, -0.25) is 4.79 Å². The molecule has 19 heavy (non-hydrogen) atoms. The molecule has 1 heterocycles. The number of aromatic nitrogens is 1. The molecule has 1 unspecified atom stereocenters. The third kappa shape index (κ3) is 4.01. The summed E-state index contributed by atoms with van der Waals surface area (Å²) in [5.74, 6) is -0.156. The van der Waals surface area contributed by atoms with Crippen molar-refractivity contribution in [2.24, 2.45) is 0 Å². The fourth-order valence-electron chi connectivity index (χ4n) is 1.30. The van der Waals surface area contributed by atoms with Gasteiger partial charge in [-0.15, -0.1) is 0 Å². The Morgan fingerprint density at radius 2 is 2.16 bits per heavy atom. The molecule has 0 bridgehead atoms. The number of thiazole rings is 1. The Morgan fingerprint density at radius 1 is 1.47 bits per heavy atom. The van der Waals surface area contributed by atoms with E-state index >= 15 is 0 Å². The molecule has 8 heteroatoms. The van der Waals surface area contributed by atoms with Gasteiger partial charge >= 0.3 is 0 Å². The van der Waals surface area contributed by atoms with Crippen molar-refractivity contribution in [2.75, 3.05) is 5.32 Å². The van der Waals surface area contributed by atoms with Gasteiger partial charge in [0.2, 0.25) is 5.91 Å². The maximum Gasteiger partial charge on any atom is 0.223 e. The van der Waals surface area contributed by atoms with Crippen LogP contribution in [0.2, 0.25) is 0 Å². The first-order chi connectivity index (χ1) is 9.04. The van der Waals surface area contributed by atoms with Crippen molar-refractivity contribution >= 4 is 39.8 Å². The Labute approximate surface area is 117 Å². The average molecular weight is 297 g/mol. The summed E-state index contributed by atoms with van der Waals surface area (Å²) >= 11 is 2.84. The number of amides is 1. The van der Waals surface area contributed by atoms with E-state index in [1.807, 2.05) is 0 Å². The monoisotopic (exact) mass is 297 g/mol. The number of nitrogens with one attached hydrogen (secondary N) is 2. The van der Waals surface area contributed by atoms with Crippen LogP contribution in [0.4, 0.5) is 10.8 Å². The van der Waals surface area contributed by atoms with E-state index in [-0.39, 0.29) is 11.6 Å². The zero-order chi connectivity index (χ0) is 13.8. The predicted molar refractivity (Wildman–Crippen MR) is 72.8 cm³/mol. The summed E-state index contributed by atoms with van der Waals surface area (Å²) in [4.78, 5) is 15.9. The molecule has 1 aromatic carbocycles. The first kappa shape index (κ1) is 14.0. The topological polar surface area (TPSA) is 89.7 Å². The number of quaternary nitrogens is 1. The number of nitrogens with zero attached hydrogens (tertiary/aromatic N) is 1. The molecule has 1 aromatic heterocycles. The highest BCUT2D eigenvalue weighted by molar-refractivity contribution is 8.01. The molecule has 0 aliphatic carbocycles. The van der Waals surface area contributed by atoms with E-state index in [0.29, 0.717) is 5.13 Å². The van der Waals surface area contributed by atoms with Crippen LogP contribution in [-0.4, -0.2) is 16.1 Å². The van der Waals surface area contributed by atoms with Crippen LogP contribution in [0.5, 0.6) is 0 Å². The normalized spacial score (nSPS) is 12.2. The minimum Gasteiger partial charge on any atom is -0.595 e. The molecule has 100 valence electrons. The highest BCUT2D eigenvalue weighted by atomic mass is 32.2. The zero-order valence-electron chi connectivity index (χ0n) is 9.91. The lowest BCUT2D eigenvalue weighted by Crippen LogP contribution is -2.99. The van der Waals surface area contributed by atoms with Gasteiger partial charge in [0.25, 0.3) is 0 Å². The second-order valence-electron chi connectivity index (χ2n) is 3.60. The molecule has 6 nitrogen and oxygen atoms in total. The van der Waals surface area contributed by atoms with Gasteiger partial charge in [0, 0.05) is 24.0 Å². The van der Waals surface area contributed by atoms with Crippen molar-refractivity contribution in [2.45, 2.75) is 16.0 Å². The molecular weight excluding hydrogens is 286 g/mol. The molecule has 2 aromatic rings. The Bertz CT molecular complexity index is 569. The third-order valence-electron chi connectivity index (χ3n) is 2.09. The maximum atomic E-state index is 10.9. The maximum absolute atomic E-state index is 10.9. The lowest BCUT2D eigenvalue weighted by molar-refractivity contribution is -0.991. The number of hydrogen-bond acceptors (Lipinski definition) is 6. The predicted octanol–water partition coefficient (Wildman–Crippen LogP) is 1.66. The van der Waals surface area contributed by atoms with E-state index in [2.05, 4.69) is 10.3 Å². The molecule has 0 radical (unpaired) electrons. The molecule has 0 saturated carbocycles. The fraction of sp³-hybridized carbons (Fsp3) is 0.0909. The molecule has 0 saturated heterocycles. The van der Waals surface area contributed by atoms with E-state index < -0.39 is 5.23 Å². The lowest BCUT2D eigenvalue weighted by atomic mass is 10.3. The Hall–Kier alpha value is -1.45. The summed E-state index contributed by atoms with van der Waals surface area (Å²) in [5.41, 5.74) is 0.257. The van der Waals surface area contributed by atoms with Crippen LogP contribution in [0.3, 0.4) is 0 Å². The molecule has 1 amide bonds. The summed E-state index contributed by atoms with van der Waals surface area (Å²) in [7, 11) is 0. The summed E-state index contributed by atoms with van der Waals surface area (Å²) in [6, 6.07) is 6.60. The highest BCUT2D eigenvalue weighted by Gasteiger charge is 2.06. The summed E-state index contributed by atoms with van der Waals surface area (Å²) in [6.45, 7) is 1.43. The van der Waals surface area contributed by atoms with Crippen LogP contribution in [0.1, 0.15) is 6.92 Å².